The zero-order valence-electron chi connectivity index (χ0n) is 16.9. The van der Waals surface area contributed by atoms with E-state index < -0.39 is 18.5 Å². The van der Waals surface area contributed by atoms with Gasteiger partial charge in [-0.15, -0.1) is 0 Å². The summed E-state index contributed by atoms with van der Waals surface area (Å²) in [6.07, 6.45) is 0. The normalized spacial score (nSPS) is 10.3. The van der Waals surface area contributed by atoms with Gasteiger partial charge in [0.2, 0.25) is 0 Å². The molecule has 0 heterocycles. The van der Waals surface area contributed by atoms with E-state index in [2.05, 4.69) is 5.32 Å². The average molecular weight is 420 g/mol. The molecule has 0 radical (unpaired) electrons. The molecule has 0 aromatic heterocycles. The number of hydrogen-bond donors (Lipinski definition) is 1. The SMILES string of the molecule is CN(Cc1ccc(F)cc1)C(=O)COC(=O)c1ccccc1NC(=O)c1ccccc1. The number of benzene rings is 3. The second-order valence-corrected chi connectivity index (χ2v) is 6.82. The standard InChI is InChI=1S/C24H21FN2O4/c1-27(15-17-11-13-19(25)14-12-17)22(28)16-31-24(30)20-9-5-6-10-21(20)26-23(29)18-7-3-2-4-8-18/h2-14H,15-16H2,1H3,(H,26,29). The maximum atomic E-state index is 13.0. The van der Waals surface area contributed by atoms with Gasteiger partial charge in [0.15, 0.2) is 6.61 Å². The molecular formula is C24H21FN2O4. The van der Waals surface area contributed by atoms with Crippen LogP contribution in [0.25, 0.3) is 0 Å². The number of amides is 2. The number of halogens is 1. The number of ether oxygens (including phenoxy) is 1. The minimum Gasteiger partial charge on any atom is -0.452 e. The van der Waals surface area contributed by atoms with Gasteiger partial charge in [-0.1, -0.05) is 42.5 Å². The number of para-hydroxylation sites is 1. The molecule has 3 aromatic rings. The molecule has 31 heavy (non-hydrogen) atoms. The van der Waals surface area contributed by atoms with E-state index in [1.54, 1.807) is 67.7 Å². The van der Waals surface area contributed by atoms with E-state index in [4.69, 9.17) is 4.74 Å². The van der Waals surface area contributed by atoms with E-state index >= 15 is 0 Å². The van der Waals surface area contributed by atoms with Crippen LogP contribution >= 0.6 is 0 Å². The van der Waals surface area contributed by atoms with Crippen molar-refractivity contribution in [2.45, 2.75) is 6.54 Å². The van der Waals surface area contributed by atoms with Gasteiger partial charge in [-0.2, -0.15) is 0 Å². The van der Waals surface area contributed by atoms with E-state index in [1.165, 1.54) is 23.1 Å². The third-order valence-electron chi connectivity index (χ3n) is 4.52. The van der Waals surface area contributed by atoms with Crippen molar-refractivity contribution in [1.29, 1.82) is 0 Å². The average Bonchev–Trinajstić information content (AvgIpc) is 2.79. The summed E-state index contributed by atoms with van der Waals surface area (Å²) in [4.78, 5) is 38.6. The Morgan fingerprint density at radius 2 is 1.55 bits per heavy atom. The topological polar surface area (TPSA) is 75.7 Å². The van der Waals surface area contributed by atoms with Crippen LogP contribution in [0, 0.1) is 5.82 Å². The van der Waals surface area contributed by atoms with Crippen molar-refractivity contribution in [1.82, 2.24) is 4.90 Å². The smallest absolute Gasteiger partial charge is 0.340 e. The summed E-state index contributed by atoms with van der Waals surface area (Å²) in [7, 11) is 1.56. The van der Waals surface area contributed by atoms with Gasteiger partial charge in [0.1, 0.15) is 5.82 Å². The van der Waals surface area contributed by atoms with Gasteiger partial charge in [-0.3, -0.25) is 9.59 Å². The lowest BCUT2D eigenvalue weighted by atomic mass is 10.1. The Bertz CT molecular complexity index is 1070. The molecule has 0 spiro atoms. The van der Waals surface area contributed by atoms with Crippen molar-refractivity contribution in [2.75, 3.05) is 19.0 Å². The number of nitrogens with zero attached hydrogens (tertiary/aromatic N) is 1. The van der Waals surface area contributed by atoms with Crippen LogP contribution in [0.3, 0.4) is 0 Å². The second kappa shape index (κ2) is 10.2. The lowest BCUT2D eigenvalue weighted by molar-refractivity contribution is -0.133. The summed E-state index contributed by atoms with van der Waals surface area (Å²) in [5.74, 6) is -1.86. The van der Waals surface area contributed by atoms with Crippen LogP contribution in [0.2, 0.25) is 0 Å². The number of likely N-dealkylation sites (N-methyl/N-ethyl adjacent to an activating group) is 1. The number of rotatable bonds is 7. The van der Waals surface area contributed by atoms with Gasteiger partial charge in [0, 0.05) is 19.2 Å². The molecular weight excluding hydrogens is 399 g/mol. The first-order valence-corrected chi connectivity index (χ1v) is 9.55. The minimum atomic E-state index is -0.729. The summed E-state index contributed by atoms with van der Waals surface area (Å²) >= 11 is 0. The third kappa shape index (κ3) is 5.99. The molecule has 158 valence electrons. The number of carbonyl (C=O) groups is 3. The molecule has 7 heteroatoms. The molecule has 6 nitrogen and oxygen atoms in total. The lowest BCUT2D eigenvalue weighted by Gasteiger charge is -2.17. The number of esters is 1. The van der Waals surface area contributed by atoms with Gasteiger partial charge in [0.25, 0.3) is 11.8 Å². The molecule has 2 amide bonds. The van der Waals surface area contributed by atoms with Gasteiger partial charge in [0.05, 0.1) is 11.3 Å². The van der Waals surface area contributed by atoms with Crippen molar-refractivity contribution in [3.8, 4) is 0 Å². The highest BCUT2D eigenvalue weighted by Crippen LogP contribution is 2.17. The highest BCUT2D eigenvalue weighted by atomic mass is 19.1. The summed E-state index contributed by atoms with van der Waals surface area (Å²) in [6.45, 7) is -0.210. The van der Waals surface area contributed by atoms with Crippen LogP contribution < -0.4 is 5.32 Å². The van der Waals surface area contributed by atoms with E-state index in [1.807, 2.05) is 0 Å². The van der Waals surface area contributed by atoms with E-state index in [-0.39, 0.29) is 29.5 Å². The van der Waals surface area contributed by atoms with Crippen LogP contribution in [0.15, 0.2) is 78.9 Å². The van der Waals surface area contributed by atoms with Crippen LogP contribution in [0.4, 0.5) is 10.1 Å². The fourth-order valence-electron chi connectivity index (χ4n) is 2.82. The maximum absolute atomic E-state index is 13.0. The molecule has 0 aliphatic rings. The van der Waals surface area contributed by atoms with Gasteiger partial charge >= 0.3 is 5.97 Å². The first-order chi connectivity index (χ1) is 14.9. The van der Waals surface area contributed by atoms with Crippen molar-refractivity contribution in [3.05, 3.63) is 101 Å². The molecule has 0 fully saturated rings. The van der Waals surface area contributed by atoms with Crippen molar-refractivity contribution < 1.29 is 23.5 Å². The number of carbonyl (C=O) groups excluding carboxylic acids is 3. The van der Waals surface area contributed by atoms with Crippen LogP contribution in [-0.4, -0.2) is 36.3 Å². The van der Waals surface area contributed by atoms with E-state index in [0.717, 1.165) is 5.56 Å². The molecule has 0 unspecified atom stereocenters. The molecule has 0 saturated heterocycles. The zero-order chi connectivity index (χ0) is 22.2. The minimum absolute atomic E-state index is 0.140. The van der Waals surface area contributed by atoms with Crippen LogP contribution in [-0.2, 0) is 16.1 Å². The maximum Gasteiger partial charge on any atom is 0.340 e. The van der Waals surface area contributed by atoms with Gasteiger partial charge in [-0.25, -0.2) is 9.18 Å². The van der Waals surface area contributed by atoms with Crippen molar-refractivity contribution in [2.24, 2.45) is 0 Å². The largest absolute Gasteiger partial charge is 0.452 e. The van der Waals surface area contributed by atoms with Crippen molar-refractivity contribution in [3.63, 3.8) is 0 Å². The molecule has 0 aliphatic carbocycles. The summed E-state index contributed by atoms with van der Waals surface area (Å²) in [6, 6.07) is 20.8. The van der Waals surface area contributed by atoms with Crippen LogP contribution in [0.1, 0.15) is 26.3 Å². The highest BCUT2D eigenvalue weighted by molar-refractivity contribution is 6.08. The summed E-state index contributed by atoms with van der Waals surface area (Å²) in [5.41, 5.74) is 1.62. The van der Waals surface area contributed by atoms with E-state index in [9.17, 15) is 18.8 Å². The van der Waals surface area contributed by atoms with Crippen LogP contribution in [0.5, 0.6) is 0 Å². The molecule has 1 N–H and O–H groups in total. The Kier molecular flexibility index (Phi) is 7.11. The Hall–Kier alpha value is -4.00. The third-order valence-corrected chi connectivity index (χ3v) is 4.52. The summed E-state index contributed by atoms with van der Waals surface area (Å²) in [5, 5.41) is 2.69. The molecule has 0 saturated carbocycles. The number of nitrogens with one attached hydrogen (secondary N) is 1. The van der Waals surface area contributed by atoms with Gasteiger partial charge in [-0.05, 0) is 42.0 Å². The molecule has 0 bridgehead atoms. The van der Waals surface area contributed by atoms with Crippen molar-refractivity contribution >= 4 is 23.5 Å². The number of hydrogen-bond acceptors (Lipinski definition) is 4. The molecule has 0 aliphatic heterocycles. The molecule has 3 aromatic carbocycles. The summed E-state index contributed by atoms with van der Waals surface area (Å²) < 4.78 is 18.2. The Labute approximate surface area is 179 Å². The fourth-order valence-corrected chi connectivity index (χ4v) is 2.82. The Morgan fingerprint density at radius 1 is 0.903 bits per heavy atom. The highest BCUT2D eigenvalue weighted by Gasteiger charge is 2.18. The monoisotopic (exact) mass is 420 g/mol. The molecule has 3 rings (SSSR count). The van der Waals surface area contributed by atoms with E-state index in [0.29, 0.717) is 5.56 Å². The predicted molar refractivity (Wildman–Crippen MR) is 114 cm³/mol. The van der Waals surface area contributed by atoms with Gasteiger partial charge < -0.3 is 15.0 Å². The Morgan fingerprint density at radius 3 is 2.26 bits per heavy atom. The lowest BCUT2D eigenvalue weighted by Crippen LogP contribution is -2.31. The fraction of sp³-hybridized carbons (Fsp3) is 0.125. The Balaban J connectivity index is 1.59. The first kappa shape index (κ1) is 21.7. The first-order valence-electron chi connectivity index (χ1n) is 9.55. The zero-order valence-corrected chi connectivity index (χ0v) is 16.9. The number of anilines is 1. The quantitative estimate of drug-likeness (QED) is 0.589. The predicted octanol–water partition coefficient (Wildman–Crippen LogP) is 3.89. The molecule has 0 atom stereocenters. The second-order valence-electron chi connectivity index (χ2n) is 6.82.